The van der Waals surface area contributed by atoms with Gasteiger partial charge in [-0.05, 0) is 37.1 Å². The molecule has 0 N–H and O–H groups in total. The van der Waals surface area contributed by atoms with E-state index in [9.17, 15) is 27.5 Å². The fraction of sp³-hybridized carbons (Fsp3) is 0.333. The Kier molecular flexibility index (Phi) is 11.5. The monoisotopic (exact) mass is 497 g/mol. The van der Waals surface area contributed by atoms with Crippen LogP contribution in [0.1, 0.15) is 25.8 Å². The molecule has 0 spiro atoms. The maximum atomic E-state index is 13.8. The Morgan fingerprint density at radius 3 is 1.94 bits per heavy atom. The van der Waals surface area contributed by atoms with Gasteiger partial charge in [0.15, 0.2) is 0 Å². The first-order valence-corrected chi connectivity index (χ1v) is 9.78. The van der Waals surface area contributed by atoms with Crippen molar-refractivity contribution in [3.05, 3.63) is 54.1 Å². The van der Waals surface area contributed by atoms with Gasteiger partial charge in [-0.15, -0.1) is 0 Å². The van der Waals surface area contributed by atoms with Crippen LogP contribution in [-0.2, 0) is 14.0 Å². The van der Waals surface area contributed by atoms with E-state index in [0.717, 1.165) is 36.3 Å². The summed E-state index contributed by atoms with van der Waals surface area (Å²) < 4.78 is 59.3. The number of aliphatic imine (C=N–C) groups is 1. The summed E-state index contributed by atoms with van der Waals surface area (Å²) >= 11 is 1.00. The van der Waals surface area contributed by atoms with E-state index in [1.807, 2.05) is 0 Å². The maximum absolute atomic E-state index is 13.8. The Bertz CT molecular complexity index is 913. The van der Waals surface area contributed by atoms with Crippen molar-refractivity contribution in [1.82, 2.24) is 0 Å². The van der Waals surface area contributed by atoms with Crippen LogP contribution in [0.5, 0.6) is 0 Å². The molecule has 11 heteroatoms. The van der Waals surface area contributed by atoms with Crippen molar-refractivity contribution < 1.29 is 88.1 Å². The molecule has 0 unspecified atom stereocenters. The summed E-state index contributed by atoms with van der Waals surface area (Å²) in [6.07, 6.45) is -5.68. The van der Waals surface area contributed by atoms with Crippen LogP contribution in [0.15, 0.2) is 58.4 Å². The fourth-order valence-electron chi connectivity index (χ4n) is 2.71. The molecule has 0 bridgehead atoms. The third-order valence-electron chi connectivity index (χ3n) is 4.05. The second-order valence-electron chi connectivity index (χ2n) is 7.15. The summed E-state index contributed by atoms with van der Waals surface area (Å²) in [5.74, 6) is -1.88. The maximum Gasteiger partial charge on any atom is 1.00 e. The number of hydrogen-bond donors (Lipinski definition) is 0. The molecule has 2 rings (SSSR count). The van der Waals surface area contributed by atoms with E-state index in [0.29, 0.717) is 5.56 Å². The van der Waals surface area contributed by atoms with Crippen LogP contribution in [-0.4, -0.2) is 36.7 Å². The normalized spacial score (nSPS) is 13.4. The second kappa shape index (κ2) is 12.6. The molecule has 0 aliphatic rings. The SMILES string of the molecule is COOSc1ccc(-c2ccc(C(=N[C@@H](CC(C)(C)F)C(=O)[O-])C(F)(F)F)cc2)cc1.[K+]. The number of rotatable bonds is 9. The van der Waals surface area contributed by atoms with Crippen molar-refractivity contribution in [2.24, 2.45) is 4.99 Å². The van der Waals surface area contributed by atoms with Crippen LogP contribution < -0.4 is 56.5 Å². The van der Waals surface area contributed by atoms with Crippen molar-refractivity contribution in [3.63, 3.8) is 0 Å². The number of nitrogens with zero attached hydrogens (tertiary/aromatic N) is 1. The van der Waals surface area contributed by atoms with Gasteiger partial charge >= 0.3 is 57.6 Å². The molecule has 1 atom stereocenters. The van der Waals surface area contributed by atoms with Gasteiger partial charge in [0, 0.05) is 16.9 Å². The summed E-state index contributed by atoms with van der Waals surface area (Å²) in [7, 11) is 1.37. The summed E-state index contributed by atoms with van der Waals surface area (Å²) in [4.78, 5) is 19.8. The number of benzene rings is 2. The minimum atomic E-state index is -4.93. The third kappa shape index (κ3) is 9.22. The fourth-order valence-corrected chi connectivity index (χ4v) is 3.10. The number of carboxylic acid groups (broad SMARTS) is 1. The standard InChI is InChI=1S/C21H21F4NO4S.K/c1-20(2,22)12-17(19(27)28)26-18(21(23,24)25)15-6-4-13(5-7-15)14-8-10-16(11-9-14)31-30-29-3;/h4-11,17H,12H2,1-3H3,(H,27,28);/q;+1/p-1/t17-;/m0./s1. The predicted octanol–water partition coefficient (Wildman–Crippen LogP) is 1.55. The molecule has 0 aliphatic carbocycles. The van der Waals surface area contributed by atoms with Gasteiger partial charge in [-0.25, -0.2) is 9.28 Å². The Labute approximate surface area is 230 Å². The van der Waals surface area contributed by atoms with Crippen LogP contribution in [0.25, 0.3) is 11.1 Å². The quantitative estimate of drug-likeness (QED) is 0.131. The average molecular weight is 498 g/mol. The number of aliphatic carboxylic acids is 1. The molecule has 32 heavy (non-hydrogen) atoms. The van der Waals surface area contributed by atoms with Gasteiger partial charge < -0.3 is 9.90 Å². The van der Waals surface area contributed by atoms with Crippen molar-refractivity contribution in [2.75, 3.05) is 7.11 Å². The van der Waals surface area contributed by atoms with Crippen LogP contribution in [0.3, 0.4) is 0 Å². The van der Waals surface area contributed by atoms with Gasteiger partial charge in [-0.3, -0.25) is 4.99 Å². The summed E-state index contributed by atoms with van der Waals surface area (Å²) in [5, 5.41) is 11.2. The van der Waals surface area contributed by atoms with Crippen LogP contribution in [0.2, 0.25) is 0 Å². The Morgan fingerprint density at radius 1 is 1.03 bits per heavy atom. The molecule has 0 fully saturated rings. The Hall–Kier alpha value is -0.794. The number of carboxylic acids is 1. The molecule has 0 saturated heterocycles. The number of alkyl halides is 4. The van der Waals surface area contributed by atoms with Crippen LogP contribution in [0, 0.1) is 0 Å². The zero-order valence-corrected chi connectivity index (χ0v) is 21.8. The predicted molar refractivity (Wildman–Crippen MR) is 107 cm³/mol. The van der Waals surface area contributed by atoms with E-state index in [4.69, 9.17) is 4.33 Å². The van der Waals surface area contributed by atoms with E-state index in [-0.39, 0.29) is 56.9 Å². The van der Waals surface area contributed by atoms with Gasteiger partial charge in [0.2, 0.25) is 0 Å². The van der Waals surface area contributed by atoms with Gasteiger partial charge in [0.1, 0.15) is 11.4 Å². The molecular weight excluding hydrogens is 477 g/mol. The minimum Gasteiger partial charge on any atom is -0.548 e. The van der Waals surface area contributed by atoms with E-state index in [2.05, 4.69) is 9.88 Å². The molecule has 2 aromatic carbocycles. The average Bonchev–Trinajstić information content (AvgIpc) is 2.68. The first kappa shape index (κ1) is 29.2. The summed E-state index contributed by atoms with van der Waals surface area (Å²) in [6.45, 7) is 2.12. The molecule has 2 aromatic rings. The van der Waals surface area contributed by atoms with Crippen molar-refractivity contribution in [1.29, 1.82) is 0 Å². The molecule has 0 aliphatic heterocycles. The van der Waals surface area contributed by atoms with E-state index in [1.54, 1.807) is 24.3 Å². The van der Waals surface area contributed by atoms with Crippen LogP contribution in [0.4, 0.5) is 17.6 Å². The molecule has 5 nitrogen and oxygen atoms in total. The molecule has 0 amide bonds. The topological polar surface area (TPSA) is 71.0 Å². The first-order chi connectivity index (χ1) is 14.4. The van der Waals surface area contributed by atoms with Crippen LogP contribution >= 0.6 is 12.0 Å². The molecular formula is C21H20F4KNO4S. The number of carbonyl (C=O) groups is 1. The second-order valence-corrected chi connectivity index (χ2v) is 7.93. The summed E-state index contributed by atoms with van der Waals surface area (Å²) in [6, 6.07) is 10.3. The Morgan fingerprint density at radius 2 is 1.53 bits per heavy atom. The van der Waals surface area contributed by atoms with Crippen molar-refractivity contribution in [2.45, 2.75) is 43.1 Å². The summed E-state index contributed by atoms with van der Waals surface area (Å²) in [5.41, 5.74) is -2.39. The first-order valence-electron chi connectivity index (χ1n) is 9.03. The van der Waals surface area contributed by atoms with Gasteiger partial charge in [-0.2, -0.15) is 17.5 Å². The van der Waals surface area contributed by atoms with Gasteiger partial charge in [0.05, 0.1) is 31.2 Å². The molecule has 0 radical (unpaired) electrons. The smallest absolute Gasteiger partial charge is 0.548 e. The van der Waals surface area contributed by atoms with E-state index in [1.165, 1.54) is 31.4 Å². The molecule has 0 saturated carbocycles. The number of hydrogen-bond acceptors (Lipinski definition) is 6. The van der Waals surface area contributed by atoms with Crippen molar-refractivity contribution in [3.8, 4) is 11.1 Å². The molecule has 0 aromatic heterocycles. The number of carbonyl (C=O) groups excluding carboxylic acids is 1. The zero-order valence-electron chi connectivity index (χ0n) is 17.9. The molecule has 0 heterocycles. The minimum absolute atomic E-state index is 0. The zero-order chi connectivity index (χ0) is 23.2. The Balaban J connectivity index is 0.00000512. The van der Waals surface area contributed by atoms with E-state index >= 15 is 0 Å². The van der Waals surface area contributed by atoms with Crippen molar-refractivity contribution >= 4 is 23.7 Å². The third-order valence-corrected chi connectivity index (χ3v) is 4.72. The number of halogens is 4. The largest absolute Gasteiger partial charge is 1.00 e. The molecule has 168 valence electrons. The van der Waals surface area contributed by atoms with Gasteiger partial charge in [0.25, 0.3) is 0 Å². The van der Waals surface area contributed by atoms with E-state index < -0.39 is 36.0 Å². The van der Waals surface area contributed by atoms with Gasteiger partial charge in [-0.1, -0.05) is 36.4 Å².